The first-order chi connectivity index (χ1) is 17.2. The lowest BCUT2D eigenvalue weighted by Crippen LogP contribution is -2.38. The molecule has 2 N–H and O–H groups in total. The minimum absolute atomic E-state index is 0.0119. The number of carbonyl (C=O) groups excluding carboxylic acids is 1. The lowest BCUT2D eigenvalue weighted by atomic mass is 9.91. The van der Waals surface area contributed by atoms with Crippen LogP contribution in [0.25, 0.3) is 0 Å². The van der Waals surface area contributed by atoms with Crippen molar-refractivity contribution in [3.63, 3.8) is 0 Å². The van der Waals surface area contributed by atoms with E-state index in [2.05, 4.69) is 27.8 Å². The van der Waals surface area contributed by atoms with Crippen LogP contribution in [0.15, 0.2) is 53.7 Å². The topological polar surface area (TPSA) is 111 Å². The number of aromatic nitrogens is 4. The van der Waals surface area contributed by atoms with Crippen LogP contribution >= 0.6 is 46.6 Å². The Balaban J connectivity index is 1.59. The molecular weight excluding hydrogens is 549 g/mol. The predicted molar refractivity (Wildman–Crippen MR) is 138 cm³/mol. The van der Waals surface area contributed by atoms with E-state index in [-0.39, 0.29) is 24.7 Å². The SMILES string of the molecule is CC1C(CSc2nnnn2C)OC(c2cccc(NC(=O)C(Cl)(Cl)Cl)c2)OC1c1ccc(CO)cc1. The number of halogens is 3. The highest BCUT2D eigenvalue weighted by Gasteiger charge is 2.39. The Labute approximate surface area is 227 Å². The zero-order valence-corrected chi connectivity index (χ0v) is 22.4. The van der Waals surface area contributed by atoms with Gasteiger partial charge in [-0.1, -0.05) is 89.9 Å². The molecule has 1 aliphatic rings. The number of hydrogen-bond acceptors (Lipinski definition) is 8. The third kappa shape index (κ3) is 6.49. The molecule has 4 atom stereocenters. The van der Waals surface area contributed by atoms with Crippen LogP contribution in [0, 0.1) is 5.92 Å². The second-order valence-corrected chi connectivity index (χ2v) is 11.6. The monoisotopic (exact) mass is 571 g/mol. The molecule has 13 heteroatoms. The second kappa shape index (κ2) is 11.6. The Morgan fingerprint density at radius 3 is 2.56 bits per heavy atom. The highest BCUT2D eigenvalue weighted by molar-refractivity contribution is 7.99. The van der Waals surface area contributed by atoms with Crippen LogP contribution < -0.4 is 5.32 Å². The van der Waals surface area contributed by atoms with Crippen molar-refractivity contribution in [3.8, 4) is 0 Å². The van der Waals surface area contributed by atoms with Gasteiger partial charge in [0.1, 0.15) is 0 Å². The molecule has 1 amide bonds. The van der Waals surface area contributed by atoms with Crippen LogP contribution in [0.3, 0.4) is 0 Å². The smallest absolute Gasteiger partial charge is 0.276 e. The number of ether oxygens (including phenoxy) is 2. The van der Waals surface area contributed by atoms with Crippen LogP contribution in [-0.2, 0) is 27.9 Å². The summed E-state index contributed by atoms with van der Waals surface area (Å²) in [5.41, 5.74) is 2.91. The van der Waals surface area contributed by atoms with Gasteiger partial charge < -0.3 is 19.9 Å². The first-order valence-corrected chi connectivity index (χ1v) is 13.1. The molecule has 1 aliphatic heterocycles. The molecule has 4 rings (SSSR count). The largest absolute Gasteiger partial charge is 0.392 e. The Hall–Kier alpha value is -1.92. The van der Waals surface area contributed by atoms with Crippen molar-refractivity contribution < 1.29 is 19.4 Å². The van der Waals surface area contributed by atoms with Gasteiger partial charge in [0.25, 0.3) is 9.70 Å². The first kappa shape index (κ1) is 27.1. The molecule has 1 fully saturated rings. The van der Waals surface area contributed by atoms with Crippen molar-refractivity contribution in [3.05, 3.63) is 65.2 Å². The minimum Gasteiger partial charge on any atom is -0.392 e. The summed E-state index contributed by atoms with van der Waals surface area (Å²) in [5.74, 6) is -0.191. The van der Waals surface area contributed by atoms with Crippen LogP contribution in [-0.4, -0.2) is 46.9 Å². The van der Waals surface area contributed by atoms with Gasteiger partial charge in [-0.15, -0.1) is 5.10 Å². The molecule has 2 aromatic carbocycles. The number of tetrazole rings is 1. The third-order valence-corrected chi connectivity index (χ3v) is 7.37. The zero-order valence-electron chi connectivity index (χ0n) is 19.3. The molecule has 0 radical (unpaired) electrons. The maximum absolute atomic E-state index is 12.1. The fraction of sp³-hybridized carbons (Fsp3) is 0.391. The molecular formula is C23H24Cl3N5O4S. The van der Waals surface area contributed by atoms with Gasteiger partial charge in [-0.25, -0.2) is 4.68 Å². The number of aryl methyl sites for hydroxylation is 1. The average molecular weight is 573 g/mol. The summed E-state index contributed by atoms with van der Waals surface area (Å²) in [4.78, 5) is 12.1. The number of benzene rings is 2. The van der Waals surface area contributed by atoms with Crippen LogP contribution in [0.5, 0.6) is 0 Å². The zero-order chi connectivity index (χ0) is 25.9. The van der Waals surface area contributed by atoms with E-state index in [0.717, 1.165) is 11.1 Å². The standard InChI is InChI=1S/C23H24Cl3N5O4S/c1-13-18(12-36-22-28-29-30-31(22)2)34-20(35-19(13)15-8-6-14(11-32)7-9-15)16-4-3-5-17(10-16)27-21(33)23(24,25)26/h3-10,13,18-20,32H,11-12H2,1-2H3,(H,27,33). The van der Waals surface area contributed by atoms with Crippen molar-refractivity contribution in [2.75, 3.05) is 11.1 Å². The summed E-state index contributed by atoms with van der Waals surface area (Å²) < 4.78 is 12.3. The van der Waals surface area contributed by atoms with Crippen molar-refractivity contribution in [2.45, 2.75) is 41.0 Å². The molecule has 36 heavy (non-hydrogen) atoms. The summed E-state index contributed by atoms with van der Waals surface area (Å²) in [6, 6.07) is 14.6. The van der Waals surface area contributed by atoms with Gasteiger partial charge in [-0.05, 0) is 33.7 Å². The highest BCUT2D eigenvalue weighted by Crippen LogP contribution is 2.43. The van der Waals surface area contributed by atoms with Crippen molar-refractivity contribution in [1.82, 2.24) is 20.2 Å². The first-order valence-electron chi connectivity index (χ1n) is 11.0. The Kier molecular flexibility index (Phi) is 8.77. The number of anilines is 1. The summed E-state index contributed by atoms with van der Waals surface area (Å²) >= 11 is 18.6. The fourth-order valence-corrected chi connectivity index (χ4v) is 4.93. The Morgan fingerprint density at radius 2 is 1.92 bits per heavy atom. The molecule has 0 saturated carbocycles. The van der Waals surface area contributed by atoms with Crippen molar-refractivity contribution in [1.29, 1.82) is 0 Å². The van der Waals surface area contributed by atoms with Crippen molar-refractivity contribution >= 4 is 58.2 Å². The molecule has 3 aromatic rings. The summed E-state index contributed by atoms with van der Waals surface area (Å²) in [6.07, 6.45) is -1.23. The molecule has 9 nitrogen and oxygen atoms in total. The van der Waals surface area contributed by atoms with E-state index in [1.165, 1.54) is 11.8 Å². The van der Waals surface area contributed by atoms with E-state index in [1.807, 2.05) is 30.3 Å². The summed E-state index contributed by atoms with van der Waals surface area (Å²) in [6.45, 7) is 2.03. The van der Waals surface area contributed by atoms with Gasteiger partial charge in [0.05, 0.1) is 18.8 Å². The van der Waals surface area contributed by atoms with Gasteiger partial charge >= 0.3 is 0 Å². The van der Waals surface area contributed by atoms with E-state index in [1.54, 1.807) is 29.9 Å². The van der Waals surface area contributed by atoms with Gasteiger partial charge in [-0.2, -0.15) is 0 Å². The molecule has 0 spiro atoms. The maximum Gasteiger partial charge on any atom is 0.276 e. The number of nitrogens with zero attached hydrogens (tertiary/aromatic N) is 4. The number of aliphatic hydroxyl groups excluding tert-OH is 1. The summed E-state index contributed by atoms with van der Waals surface area (Å²) in [5, 5.41) is 24.3. The molecule has 192 valence electrons. The van der Waals surface area contributed by atoms with Gasteiger partial charge in [0, 0.05) is 30.0 Å². The van der Waals surface area contributed by atoms with E-state index >= 15 is 0 Å². The molecule has 1 aromatic heterocycles. The molecule has 4 unspecified atom stereocenters. The van der Waals surface area contributed by atoms with Crippen molar-refractivity contribution in [2.24, 2.45) is 13.0 Å². The second-order valence-electron chi connectivity index (χ2n) is 8.30. The van der Waals surface area contributed by atoms with Gasteiger partial charge in [-0.3, -0.25) is 4.79 Å². The third-order valence-electron chi connectivity index (χ3n) is 5.76. The number of nitrogens with one attached hydrogen (secondary N) is 1. The molecule has 0 bridgehead atoms. The number of amides is 1. The highest BCUT2D eigenvalue weighted by atomic mass is 35.6. The predicted octanol–water partition coefficient (Wildman–Crippen LogP) is 4.59. The maximum atomic E-state index is 12.1. The normalized spacial score (nSPS) is 22.4. The Bertz CT molecular complexity index is 1190. The number of alkyl halides is 3. The average Bonchev–Trinajstić information content (AvgIpc) is 3.27. The molecule has 1 saturated heterocycles. The molecule has 0 aliphatic carbocycles. The fourth-order valence-electron chi connectivity index (χ4n) is 3.78. The number of aliphatic hydroxyl groups is 1. The van der Waals surface area contributed by atoms with Crippen LogP contribution in [0.4, 0.5) is 5.69 Å². The van der Waals surface area contributed by atoms with E-state index in [0.29, 0.717) is 22.2 Å². The number of rotatable bonds is 7. The van der Waals surface area contributed by atoms with Crippen LogP contribution in [0.2, 0.25) is 0 Å². The molecule has 2 heterocycles. The van der Waals surface area contributed by atoms with E-state index in [4.69, 9.17) is 44.3 Å². The van der Waals surface area contributed by atoms with Gasteiger partial charge in [0.2, 0.25) is 5.16 Å². The van der Waals surface area contributed by atoms with E-state index in [9.17, 15) is 9.90 Å². The van der Waals surface area contributed by atoms with Crippen LogP contribution in [0.1, 0.15) is 36.0 Å². The lowest BCUT2D eigenvalue weighted by Gasteiger charge is -2.41. The lowest BCUT2D eigenvalue weighted by molar-refractivity contribution is -0.268. The van der Waals surface area contributed by atoms with Gasteiger partial charge in [0.15, 0.2) is 6.29 Å². The number of hydrogen-bond donors (Lipinski definition) is 2. The minimum atomic E-state index is -2.09. The Morgan fingerprint density at radius 1 is 1.17 bits per heavy atom. The number of thioether (sulfide) groups is 1. The quantitative estimate of drug-likeness (QED) is 0.312. The summed E-state index contributed by atoms with van der Waals surface area (Å²) in [7, 11) is 1.78. The van der Waals surface area contributed by atoms with E-state index < -0.39 is 16.0 Å². The number of carbonyl (C=O) groups is 1.